The van der Waals surface area contributed by atoms with Gasteiger partial charge in [0.2, 0.25) is 0 Å². The molecule has 0 bridgehead atoms. The molecule has 3 rings (SSSR count). The predicted molar refractivity (Wildman–Crippen MR) is 88.0 cm³/mol. The number of hydrogen-bond donors (Lipinski definition) is 1. The Morgan fingerprint density at radius 2 is 2.00 bits per heavy atom. The van der Waals surface area contributed by atoms with Gasteiger partial charge in [0.15, 0.2) is 0 Å². The monoisotopic (exact) mass is 361 g/mol. The highest BCUT2D eigenvalue weighted by molar-refractivity contribution is 9.10. The van der Waals surface area contributed by atoms with E-state index >= 15 is 0 Å². The molecule has 1 aliphatic heterocycles. The van der Waals surface area contributed by atoms with Crippen LogP contribution in [0.4, 0.5) is 0 Å². The van der Waals surface area contributed by atoms with Gasteiger partial charge in [-0.3, -0.25) is 4.79 Å². The number of carboxylic acids is 1. The molecule has 0 aromatic heterocycles. The van der Waals surface area contributed by atoms with Crippen LogP contribution in [0.5, 0.6) is 0 Å². The Bertz CT molecular complexity index is 774. The maximum Gasteiger partial charge on any atom is 0.329 e. The van der Waals surface area contributed by atoms with Crippen molar-refractivity contribution in [3.8, 4) is 0 Å². The van der Waals surface area contributed by atoms with Gasteiger partial charge >= 0.3 is 5.97 Å². The minimum Gasteiger partial charge on any atom is -0.480 e. The van der Waals surface area contributed by atoms with Crippen molar-refractivity contribution in [2.75, 3.05) is 6.54 Å². The predicted octanol–water partition coefficient (Wildman–Crippen LogP) is 3.68. The number of fused-ring (bicyclic) bond motifs is 1. The van der Waals surface area contributed by atoms with Gasteiger partial charge in [-0.25, -0.2) is 4.79 Å². The first-order valence-electron chi connectivity index (χ1n) is 7.17. The second kappa shape index (κ2) is 5.39. The van der Waals surface area contributed by atoms with E-state index in [2.05, 4.69) is 15.9 Å². The van der Waals surface area contributed by atoms with Crippen LogP contribution in [0.25, 0.3) is 10.8 Å². The summed E-state index contributed by atoms with van der Waals surface area (Å²) in [4.78, 5) is 26.1. The molecule has 0 saturated carbocycles. The lowest BCUT2D eigenvalue weighted by Crippen LogP contribution is -2.50. The molecule has 22 heavy (non-hydrogen) atoms. The lowest BCUT2D eigenvalue weighted by atomic mass is 9.97. The Labute approximate surface area is 136 Å². The van der Waals surface area contributed by atoms with Crippen molar-refractivity contribution in [1.29, 1.82) is 0 Å². The standard InChI is InChI=1S/C17H16BrNO3/c1-17(16(21)22)7-4-8-19(17)15(20)14-10-12(18)9-11-5-2-3-6-13(11)14/h2-3,5-6,9-10H,4,7-8H2,1H3,(H,21,22). The zero-order valence-corrected chi connectivity index (χ0v) is 13.8. The molecule has 4 nitrogen and oxygen atoms in total. The average molecular weight is 362 g/mol. The maximum atomic E-state index is 13.0. The minimum atomic E-state index is -1.12. The van der Waals surface area contributed by atoms with Gasteiger partial charge in [-0.05, 0) is 42.7 Å². The van der Waals surface area contributed by atoms with Crippen molar-refractivity contribution < 1.29 is 14.7 Å². The molecule has 1 atom stereocenters. The Hall–Kier alpha value is -1.88. The Morgan fingerprint density at radius 1 is 1.27 bits per heavy atom. The topological polar surface area (TPSA) is 57.6 Å². The van der Waals surface area contributed by atoms with Crippen molar-refractivity contribution in [1.82, 2.24) is 4.90 Å². The highest BCUT2D eigenvalue weighted by Gasteiger charge is 2.46. The second-order valence-corrected chi connectivity index (χ2v) is 6.73. The summed E-state index contributed by atoms with van der Waals surface area (Å²) in [5.41, 5.74) is -0.583. The Kier molecular flexibility index (Phi) is 3.68. The van der Waals surface area contributed by atoms with Crippen molar-refractivity contribution >= 4 is 38.6 Å². The molecule has 1 aliphatic rings. The van der Waals surface area contributed by atoms with E-state index < -0.39 is 11.5 Å². The quantitative estimate of drug-likeness (QED) is 0.887. The van der Waals surface area contributed by atoms with Crippen LogP contribution in [-0.4, -0.2) is 34.0 Å². The van der Waals surface area contributed by atoms with Crippen LogP contribution in [0.15, 0.2) is 40.9 Å². The number of carbonyl (C=O) groups excluding carboxylic acids is 1. The number of hydrogen-bond acceptors (Lipinski definition) is 2. The molecule has 1 heterocycles. The van der Waals surface area contributed by atoms with E-state index in [0.717, 1.165) is 15.2 Å². The largest absolute Gasteiger partial charge is 0.480 e. The number of benzene rings is 2. The van der Waals surface area contributed by atoms with E-state index in [1.165, 1.54) is 4.90 Å². The third kappa shape index (κ3) is 2.29. The van der Waals surface area contributed by atoms with Crippen molar-refractivity contribution in [2.24, 2.45) is 0 Å². The van der Waals surface area contributed by atoms with E-state index in [9.17, 15) is 14.7 Å². The molecule has 1 N–H and O–H groups in total. The van der Waals surface area contributed by atoms with Crippen LogP contribution in [0.2, 0.25) is 0 Å². The summed E-state index contributed by atoms with van der Waals surface area (Å²) in [7, 11) is 0. The number of nitrogens with zero attached hydrogens (tertiary/aromatic N) is 1. The molecule has 0 spiro atoms. The van der Waals surface area contributed by atoms with Gasteiger partial charge in [0.1, 0.15) is 5.54 Å². The van der Waals surface area contributed by atoms with Gasteiger partial charge in [0.25, 0.3) is 5.91 Å². The third-order valence-electron chi connectivity index (χ3n) is 4.40. The number of carboxylic acid groups (broad SMARTS) is 1. The van der Waals surface area contributed by atoms with E-state index in [4.69, 9.17) is 0 Å². The lowest BCUT2D eigenvalue weighted by molar-refractivity contribution is -0.147. The van der Waals surface area contributed by atoms with Gasteiger partial charge in [0, 0.05) is 16.6 Å². The average Bonchev–Trinajstić information content (AvgIpc) is 2.89. The summed E-state index contributed by atoms with van der Waals surface area (Å²) in [6, 6.07) is 11.4. The van der Waals surface area contributed by atoms with E-state index in [-0.39, 0.29) is 5.91 Å². The molecule has 1 unspecified atom stereocenters. The van der Waals surface area contributed by atoms with Crippen LogP contribution < -0.4 is 0 Å². The fourth-order valence-corrected chi connectivity index (χ4v) is 3.58. The third-order valence-corrected chi connectivity index (χ3v) is 4.86. The molecule has 1 amide bonds. The minimum absolute atomic E-state index is 0.222. The van der Waals surface area contributed by atoms with Gasteiger partial charge in [-0.2, -0.15) is 0 Å². The maximum absolute atomic E-state index is 13.0. The van der Waals surface area contributed by atoms with Crippen LogP contribution in [0.1, 0.15) is 30.1 Å². The lowest BCUT2D eigenvalue weighted by Gasteiger charge is -2.31. The second-order valence-electron chi connectivity index (χ2n) is 5.81. The molecule has 0 aliphatic carbocycles. The first kappa shape index (κ1) is 15.0. The summed E-state index contributed by atoms with van der Waals surface area (Å²) in [5.74, 6) is -1.17. The van der Waals surface area contributed by atoms with Crippen LogP contribution in [0.3, 0.4) is 0 Å². The number of rotatable bonds is 2. The molecular weight excluding hydrogens is 346 g/mol. The summed E-state index contributed by atoms with van der Waals surface area (Å²) < 4.78 is 0.811. The van der Waals surface area contributed by atoms with Gasteiger partial charge in [0.05, 0.1) is 0 Å². The van der Waals surface area contributed by atoms with Crippen molar-refractivity contribution in [3.63, 3.8) is 0 Å². The Balaban J connectivity index is 2.12. The summed E-state index contributed by atoms with van der Waals surface area (Å²) in [5, 5.41) is 11.3. The molecule has 1 saturated heterocycles. The van der Waals surface area contributed by atoms with Gasteiger partial charge in [-0.15, -0.1) is 0 Å². The molecule has 5 heteroatoms. The number of carbonyl (C=O) groups is 2. The number of likely N-dealkylation sites (tertiary alicyclic amines) is 1. The van der Waals surface area contributed by atoms with Crippen molar-refractivity contribution in [2.45, 2.75) is 25.3 Å². The summed E-state index contributed by atoms with van der Waals surface area (Å²) >= 11 is 3.43. The first-order valence-corrected chi connectivity index (χ1v) is 7.96. The highest BCUT2D eigenvalue weighted by Crippen LogP contribution is 2.33. The number of halogens is 1. The molecule has 0 radical (unpaired) electrons. The SMILES string of the molecule is CC1(C(=O)O)CCCN1C(=O)c1cc(Br)cc2ccccc12. The molecular formula is C17H16BrNO3. The fraction of sp³-hybridized carbons (Fsp3) is 0.294. The molecule has 2 aromatic carbocycles. The summed E-state index contributed by atoms with van der Waals surface area (Å²) in [6.07, 6.45) is 1.19. The molecule has 114 valence electrons. The number of amides is 1. The Morgan fingerprint density at radius 3 is 2.73 bits per heavy atom. The van der Waals surface area contributed by atoms with E-state index in [1.807, 2.05) is 30.3 Å². The van der Waals surface area contributed by atoms with Gasteiger partial charge < -0.3 is 10.0 Å². The van der Waals surface area contributed by atoms with Crippen LogP contribution >= 0.6 is 15.9 Å². The zero-order chi connectivity index (χ0) is 15.9. The fourth-order valence-electron chi connectivity index (χ4n) is 3.11. The number of aliphatic carboxylic acids is 1. The smallest absolute Gasteiger partial charge is 0.329 e. The van der Waals surface area contributed by atoms with Crippen molar-refractivity contribution in [3.05, 3.63) is 46.4 Å². The van der Waals surface area contributed by atoms with E-state index in [0.29, 0.717) is 24.9 Å². The summed E-state index contributed by atoms with van der Waals surface area (Å²) in [6.45, 7) is 2.10. The van der Waals surface area contributed by atoms with E-state index in [1.54, 1.807) is 13.0 Å². The normalized spacial score (nSPS) is 21.3. The van der Waals surface area contributed by atoms with Gasteiger partial charge in [-0.1, -0.05) is 40.2 Å². The van der Waals surface area contributed by atoms with Crippen LogP contribution in [0, 0.1) is 0 Å². The zero-order valence-electron chi connectivity index (χ0n) is 12.2. The molecule has 1 fully saturated rings. The first-order chi connectivity index (χ1) is 10.4. The van der Waals surface area contributed by atoms with Crippen LogP contribution in [-0.2, 0) is 4.79 Å². The molecule has 2 aromatic rings. The highest BCUT2D eigenvalue weighted by atomic mass is 79.9.